The first kappa shape index (κ1) is 27.6. The second-order valence-corrected chi connectivity index (χ2v) is 9.54. The maximum atomic E-state index is 12.7. The van der Waals surface area contributed by atoms with Crippen LogP contribution in [-0.2, 0) is 11.4 Å². The van der Waals surface area contributed by atoms with Gasteiger partial charge in [0, 0.05) is 10.0 Å². The Balaban J connectivity index is 1.31. The van der Waals surface area contributed by atoms with E-state index >= 15 is 0 Å². The van der Waals surface area contributed by atoms with Gasteiger partial charge in [-0.15, -0.1) is 0 Å². The zero-order chi connectivity index (χ0) is 27.6. The van der Waals surface area contributed by atoms with Gasteiger partial charge in [0.25, 0.3) is 5.91 Å². The number of nitrogens with one attached hydrogen (secondary N) is 1. The van der Waals surface area contributed by atoms with E-state index in [1.54, 1.807) is 61.5 Å². The monoisotopic (exact) mass is 586 g/mol. The highest BCUT2D eigenvalue weighted by Crippen LogP contribution is 2.24. The lowest BCUT2D eigenvalue weighted by Crippen LogP contribution is -2.33. The lowest BCUT2D eigenvalue weighted by Gasteiger charge is -2.14. The van der Waals surface area contributed by atoms with Crippen LogP contribution < -0.4 is 19.6 Å². The number of hydrazone groups is 1. The molecule has 0 aliphatic carbocycles. The predicted octanol–water partition coefficient (Wildman–Crippen LogP) is 6.47. The highest BCUT2D eigenvalue weighted by Gasteiger charge is 2.15. The molecule has 4 rings (SSSR count). The first-order valence-electron chi connectivity index (χ1n) is 12.2. The molecule has 198 valence electrons. The number of carbonyl (C=O) groups excluding carboxylic acids is 2. The molecule has 0 bridgehead atoms. The Kier molecular flexibility index (Phi) is 9.48. The van der Waals surface area contributed by atoms with Gasteiger partial charge >= 0.3 is 5.97 Å². The molecule has 0 aromatic heterocycles. The van der Waals surface area contributed by atoms with Crippen molar-refractivity contribution in [2.75, 3.05) is 0 Å². The molecular weight excluding hydrogens is 560 g/mol. The standard InChI is InChI=1S/C31H27BrN2O5/c1-21-8-6-7-11-28(21)31(36)39-29-17-12-25(32)18-24(29)19-33-34-30(35)22(2)38-27-15-13-26(14-16-27)37-20-23-9-4-3-5-10-23/h3-19,22H,20H2,1-2H3,(H,34,35). The maximum Gasteiger partial charge on any atom is 0.343 e. The summed E-state index contributed by atoms with van der Waals surface area (Å²) in [6, 6.07) is 29.3. The minimum atomic E-state index is -0.806. The first-order chi connectivity index (χ1) is 18.9. The second kappa shape index (κ2) is 13.4. The summed E-state index contributed by atoms with van der Waals surface area (Å²) in [5, 5.41) is 4.03. The Morgan fingerprint density at radius 3 is 2.36 bits per heavy atom. The van der Waals surface area contributed by atoms with Crippen LogP contribution in [0.15, 0.2) is 107 Å². The summed E-state index contributed by atoms with van der Waals surface area (Å²) in [4.78, 5) is 25.2. The Morgan fingerprint density at radius 2 is 1.62 bits per heavy atom. The van der Waals surface area contributed by atoms with E-state index in [1.165, 1.54) is 6.21 Å². The SMILES string of the molecule is Cc1ccccc1C(=O)Oc1ccc(Br)cc1C=NNC(=O)C(C)Oc1ccc(OCc2ccccc2)cc1. The summed E-state index contributed by atoms with van der Waals surface area (Å²) in [6.07, 6.45) is 0.605. The fraction of sp³-hybridized carbons (Fsp3) is 0.129. The predicted molar refractivity (Wildman–Crippen MR) is 153 cm³/mol. The van der Waals surface area contributed by atoms with Gasteiger partial charge in [-0.3, -0.25) is 4.79 Å². The van der Waals surface area contributed by atoms with Gasteiger partial charge in [0.05, 0.1) is 11.8 Å². The molecule has 8 heteroatoms. The quantitative estimate of drug-likeness (QED) is 0.0995. The van der Waals surface area contributed by atoms with Crippen molar-refractivity contribution in [1.29, 1.82) is 0 Å². The van der Waals surface area contributed by atoms with Crippen LogP contribution in [0, 0.1) is 6.92 Å². The van der Waals surface area contributed by atoms with Crippen molar-refractivity contribution in [3.8, 4) is 17.2 Å². The zero-order valence-corrected chi connectivity index (χ0v) is 23.1. The summed E-state index contributed by atoms with van der Waals surface area (Å²) >= 11 is 3.41. The molecule has 7 nitrogen and oxygen atoms in total. The minimum Gasteiger partial charge on any atom is -0.489 e. The van der Waals surface area contributed by atoms with Gasteiger partial charge in [-0.25, -0.2) is 10.2 Å². The molecular formula is C31H27BrN2O5. The minimum absolute atomic E-state index is 0.309. The van der Waals surface area contributed by atoms with Crippen LogP contribution in [0.3, 0.4) is 0 Å². The van der Waals surface area contributed by atoms with E-state index in [2.05, 4.69) is 26.5 Å². The summed E-state index contributed by atoms with van der Waals surface area (Å²) < 4.78 is 17.9. The third-order valence-electron chi connectivity index (χ3n) is 5.67. The highest BCUT2D eigenvalue weighted by molar-refractivity contribution is 9.10. The van der Waals surface area contributed by atoms with Crippen LogP contribution in [0.25, 0.3) is 0 Å². The molecule has 0 fully saturated rings. The molecule has 0 aliphatic heterocycles. The fourth-order valence-electron chi connectivity index (χ4n) is 3.54. The summed E-state index contributed by atoms with van der Waals surface area (Å²) in [5.74, 6) is 0.604. The number of halogens is 1. The summed E-state index contributed by atoms with van der Waals surface area (Å²) in [6.45, 7) is 3.93. The van der Waals surface area contributed by atoms with Crippen LogP contribution in [-0.4, -0.2) is 24.2 Å². The molecule has 0 saturated heterocycles. The highest BCUT2D eigenvalue weighted by atomic mass is 79.9. The van der Waals surface area contributed by atoms with Crippen molar-refractivity contribution in [2.45, 2.75) is 26.6 Å². The van der Waals surface area contributed by atoms with Gasteiger partial charge in [-0.2, -0.15) is 5.10 Å². The van der Waals surface area contributed by atoms with E-state index < -0.39 is 18.0 Å². The molecule has 1 N–H and O–H groups in total. The van der Waals surface area contributed by atoms with Crippen LogP contribution in [0.1, 0.15) is 34.0 Å². The van der Waals surface area contributed by atoms with Crippen LogP contribution in [0.2, 0.25) is 0 Å². The van der Waals surface area contributed by atoms with Gasteiger partial charge in [0.1, 0.15) is 23.9 Å². The number of amides is 1. The molecule has 1 amide bonds. The number of hydrogen-bond donors (Lipinski definition) is 1. The van der Waals surface area contributed by atoms with Gasteiger partial charge in [-0.05, 0) is 73.5 Å². The number of hydrogen-bond acceptors (Lipinski definition) is 6. The smallest absolute Gasteiger partial charge is 0.343 e. The zero-order valence-electron chi connectivity index (χ0n) is 21.5. The summed E-state index contributed by atoms with van der Waals surface area (Å²) in [7, 11) is 0. The molecule has 1 atom stereocenters. The van der Waals surface area contributed by atoms with E-state index in [1.807, 2.05) is 49.4 Å². The van der Waals surface area contributed by atoms with E-state index in [0.717, 1.165) is 15.6 Å². The van der Waals surface area contributed by atoms with Gasteiger partial charge < -0.3 is 14.2 Å². The van der Waals surface area contributed by atoms with Crippen molar-refractivity contribution >= 4 is 34.0 Å². The number of rotatable bonds is 10. The number of esters is 1. The van der Waals surface area contributed by atoms with Crippen molar-refractivity contribution in [1.82, 2.24) is 5.43 Å². The Labute approximate surface area is 235 Å². The molecule has 1 unspecified atom stereocenters. The van der Waals surface area contributed by atoms with Gasteiger partial charge in [-0.1, -0.05) is 64.5 Å². The topological polar surface area (TPSA) is 86.2 Å². The maximum absolute atomic E-state index is 12.7. The van der Waals surface area contributed by atoms with Gasteiger partial charge in [0.2, 0.25) is 0 Å². The number of nitrogens with zero attached hydrogens (tertiary/aromatic N) is 1. The molecule has 0 heterocycles. The van der Waals surface area contributed by atoms with Gasteiger partial charge in [0.15, 0.2) is 6.10 Å². The van der Waals surface area contributed by atoms with E-state index in [4.69, 9.17) is 14.2 Å². The molecule has 0 spiro atoms. The van der Waals surface area contributed by atoms with E-state index in [9.17, 15) is 9.59 Å². The Hall–Kier alpha value is -4.43. The van der Waals surface area contributed by atoms with Crippen molar-refractivity contribution in [3.05, 3.63) is 124 Å². The Morgan fingerprint density at radius 1 is 0.923 bits per heavy atom. The molecule has 4 aromatic carbocycles. The van der Waals surface area contributed by atoms with Crippen molar-refractivity contribution in [3.63, 3.8) is 0 Å². The average molecular weight is 587 g/mol. The van der Waals surface area contributed by atoms with Crippen molar-refractivity contribution < 1.29 is 23.8 Å². The Bertz CT molecular complexity index is 1460. The normalized spacial score (nSPS) is 11.6. The first-order valence-corrected chi connectivity index (χ1v) is 13.0. The summed E-state index contributed by atoms with van der Waals surface area (Å²) in [5.41, 5.74) is 5.33. The number of aryl methyl sites for hydroxylation is 1. The van der Waals surface area contributed by atoms with E-state index in [0.29, 0.717) is 35.0 Å². The van der Waals surface area contributed by atoms with E-state index in [-0.39, 0.29) is 0 Å². The van der Waals surface area contributed by atoms with Crippen LogP contribution in [0.4, 0.5) is 0 Å². The molecule has 0 radical (unpaired) electrons. The van der Waals surface area contributed by atoms with Crippen molar-refractivity contribution in [2.24, 2.45) is 5.10 Å². The molecule has 0 aliphatic rings. The van der Waals surface area contributed by atoms with Crippen LogP contribution in [0.5, 0.6) is 17.2 Å². The molecule has 0 saturated carbocycles. The number of benzene rings is 4. The second-order valence-electron chi connectivity index (χ2n) is 8.63. The lowest BCUT2D eigenvalue weighted by molar-refractivity contribution is -0.127. The number of carbonyl (C=O) groups is 2. The fourth-order valence-corrected chi connectivity index (χ4v) is 3.92. The molecule has 4 aromatic rings. The number of ether oxygens (including phenoxy) is 3. The van der Waals surface area contributed by atoms with Crippen LogP contribution >= 0.6 is 15.9 Å². The average Bonchev–Trinajstić information content (AvgIpc) is 2.94. The largest absolute Gasteiger partial charge is 0.489 e. The third-order valence-corrected chi connectivity index (χ3v) is 6.17. The third kappa shape index (κ3) is 8.02. The molecule has 39 heavy (non-hydrogen) atoms. The lowest BCUT2D eigenvalue weighted by atomic mass is 10.1.